The van der Waals surface area contributed by atoms with Crippen LogP contribution in [0.3, 0.4) is 0 Å². The molecule has 1 aromatic heterocycles. The molecule has 1 aromatic rings. The van der Waals surface area contributed by atoms with Crippen molar-refractivity contribution in [3.8, 4) is 0 Å². The molecule has 3 amide bonds. The second kappa shape index (κ2) is 28.8. The molecule has 0 radical (unpaired) electrons. The van der Waals surface area contributed by atoms with E-state index in [0.29, 0.717) is 24.7 Å². The molecule has 0 saturated carbocycles. The monoisotopic (exact) mass is 643 g/mol. The predicted octanol–water partition coefficient (Wildman–Crippen LogP) is 4.81. The maximum absolute atomic E-state index is 12.4. The standard InChI is InChI=1S/C33H57N3O5S.ClH/c1-4-6-7-8-9-10-11-12-13-14-15-16-17-18-20-23-34-32(38)40-25-27-42-28-26-41-33(39)36(30(3)37)29-31-22-19-21-24-35(31)5-2;/h19,21-22,24H,4-18,20,23,25-29H2,1-3H3;1H. The number of unbranched alkanes of at least 4 members (excludes halogenated alkanes) is 14. The van der Waals surface area contributed by atoms with Crippen LogP contribution < -0.4 is 22.3 Å². The Morgan fingerprint density at radius 1 is 0.791 bits per heavy atom. The summed E-state index contributed by atoms with van der Waals surface area (Å²) in [6.07, 6.45) is 20.7. The van der Waals surface area contributed by atoms with Crippen molar-refractivity contribution in [1.29, 1.82) is 0 Å². The van der Waals surface area contributed by atoms with Gasteiger partial charge >= 0.3 is 12.2 Å². The second-order valence-corrected chi connectivity index (χ2v) is 12.0. The first-order valence-corrected chi connectivity index (χ1v) is 17.6. The molecule has 0 atom stereocenters. The van der Waals surface area contributed by atoms with Crippen LogP contribution in [-0.2, 0) is 27.4 Å². The zero-order valence-corrected chi connectivity index (χ0v) is 28.7. The molecule has 0 aromatic carbocycles. The number of ether oxygens (including phenoxy) is 2. The van der Waals surface area contributed by atoms with E-state index in [2.05, 4.69) is 12.2 Å². The van der Waals surface area contributed by atoms with Crippen LogP contribution in [0.1, 0.15) is 123 Å². The summed E-state index contributed by atoms with van der Waals surface area (Å²) in [4.78, 5) is 37.4. The highest BCUT2D eigenvalue weighted by atomic mass is 35.5. The van der Waals surface area contributed by atoms with E-state index in [1.807, 2.05) is 35.9 Å². The number of nitrogens with one attached hydrogen (secondary N) is 1. The van der Waals surface area contributed by atoms with Crippen LogP contribution >= 0.6 is 11.8 Å². The summed E-state index contributed by atoms with van der Waals surface area (Å²) in [5.41, 5.74) is 0.858. The summed E-state index contributed by atoms with van der Waals surface area (Å²) in [5.74, 6) is 0.811. The maximum Gasteiger partial charge on any atom is 0.417 e. The van der Waals surface area contributed by atoms with E-state index in [-0.39, 0.29) is 37.6 Å². The van der Waals surface area contributed by atoms with E-state index < -0.39 is 6.09 Å². The van der Waals surface area contributed by atoms with Gasteiger partial charge in [-0.15, -0.1) is 0 Å². The first kappa shape index (κ1) is 41.0. The topological polar surface area (TPSA) is 88.8 Å². The third kappa shape index (κ3) is 22.2. The lowest BCUT2D eigenvalue weighted by Gasteiger charge is -2.17. The Hall–Kier alpha value is -2.00. The van der Waals surface area contributed by atoms with Gasteiger partial charge in [0.2, 0.25) is 11.6 Å². The van der Waals surface area contributed by atoms with Crippen LogP contribution in [0.5, 0.6) is 0 Å². The fourth-order valence-corrected chi connectivity index (χ4v) is 5.34. The molecule has 8 nitrogen and oxygen atoms in total. The molecule has 0 unspecified atom stereocenters. The summed E-state index contributed by atoms with van der Waals surface area (Å²) >= 11 is 1.53. The van der Waals surface area contributed by atoms with Crippen molar-refractivity contribution in [1.82, 2.24) is 10.2 Å². The molecule has 0 aliphatic rings. The van der Waals surface area contributed by atoms with Crippen molar-refractivity contribution in [2.75, 3.05) is 31.3 Å². The maximum atomic E-state index is 12.4. The molecular formula is C33H58ClN3O5S. The lowest BCUT2D eigenvalue weighted by Crippen LogP contribution is -3.00. The number of amides is 3. The largest absolute Gasteiger partial charge is 1.00 e. The number of halogens is 1. The Kier molecular flexibility index (Phi) is 27.4. The van der Waals surface area contributed by atoms with Gasteiger partial charge in [-0.2, -0.15) is 11.8 Å². The summed E-state index contributed by atoms with van der Waals surface area (Å²) < 4.78 is 12.5. The molecular weight excluding hydrogens is 586 g/mol. The minimum atomic E-state index is -0.649. The molecule has 0 bridgehead atoms. The van der Waals surface area contributed by atoms with Crippen LogP contribution in [0.4, 0.5) is 9.59 Å². The van der Waals surface area contributed by atoms with Crippen molar-refractivity contribution < 1.29 is 40.8 Å². The lowest BCUT2D eigenvalue weighted by molar-refractivity contribution is -0.701. The van der Waals surface area contributed by atoms with Crippen LogP contribution in [0.25, 0.3) is 0 Å². The fourth-order valence-electron chi connectivity index (χ4n) is 4.73. The van der Waals surface area contributed by atoms with Crippen LogP contribution in [0.2, 0.25) is 0 Å². The van der Waals surface area contributed by atoms with Crippen molar-refractivity contribution in [3.05, 3.63) is 30.1 Å². The number of aromatic nitrogens is 1. The number of rotatable bonds is 25. The Morgan fingerprint density at radius 3 is 1.86 bits per heavy atom. The van der Waals surface area contributed by atoms with E-state index in [1.165, 1.54) is 102 Å². The Balaban J connectivity index is 0.0000176. The normalized spacial score (nSPS) is 10.6. The quantitative estimate of drug-likeness (QED) is 0.122. The molecule has 1 N–H and O–H groups in total. The highest BCUT2D eigenvalue weighted by Crippen LogP contribution is 2.13. The molecule has 1 heterocycles. The van der Waals surface area contributed by atoms with Gasteiger partial charge in [0, 0.05) is 37.1 Å². The highest BCUT2D eigenvalue weighted by molar-refractivity contribution is 7.99. The summed E-state index contributed by atoms with van der Waals surface area (Å²) in [5, 5.41) is 2.82. The van der Waals surface area contributed by atoms with Gasteiger partial charge in [0.15, 0.2) is 6.20 Å². The van der Waals surface area contributed by atoms with Gasteiger partial charge in [-0.1, -0.05) is 103 Å². The SMILES string of the molecule is CCCCCCCCCCCCCCCCCNC(=O)OCCSCCOC(=O)N(Cc1cccc[n+]1CC)C(C)=O.[Cl-]. The first-order valence-electron chi connectivity index (χ1n) is 16.4. The second-order valence-electron chi connectivity index (χ2n) is 10.8. The van der Waals surface area contributed by atoms with Crippen molar-refractivity contribution >= 4 is 29.9 Å². The number of carbonyl (C=O) groups is 3. The molecule has 10 heteroatoms. The van der Waals surface area contributed by atoms with Gasteiger partial charge in [-0.05, 0) is 13.3 Å². The zero-order valence-electron chi connectivity index (χ0n) is 27.1. The van der Waals surface area contributed by atoms with Gasteiger partial charge < -0.3 is 27.2 Å². The average Bonchev–Trinajstić information content (AvgIpc) is 2.99. The van der Waals surface area contributed by atoms with Crippen molar-refractivity contribution in [2.24, 2.45) is 0 Å². The van der Waals surface area contributed by atoms with Crippen molar-refractivity contribution in [2.45, 2.75) is 130 Å². The Bertz CT molecular complexity index is 862. The number of pyridine rings is 1. The number of carbonyl (C=O) groups excluding carboxylic acids is 3. The van der Waals surface area contributed by atoms with Gasteiger partial charge in [-0.3, -0.25) is 4.79 Å². The summed E-state index contributed by atoms with van der Waals surface area (Å²) in [6.45, 7) is 7.67. The van der Waals surface area contributed by atoms with E-state index in [0.717, 1.165) is 30.0 Å². The number of imide groups is 1. The number of aryl methyl sites for hydroxylation is 1. The van der Waals surface area contributed by atoms with Gasteiger partial charge in [0.25, 0.3) is 0 Å². The number of hydrogen-bond donors (Lipinski definition) is 1. The van der Waals surface area contributed by atoms with Crippen molar-refractivity contribution in [3.63, 3.8) is 0 Å². The first-order chi connectivity index (χ1) is 20.5. The third-order valence-corrected chi connectivity index (χ3v) is 8.17. The summed E-state index contributed by atoms with van der Waals surface area (Å²) in [7, 11) is 0. The minimum absolute atomic E-state index is 0. The number of thioether (sulfide) groups is 1. The predicted molar refractivity (Wildman–Crippen MR) is 171 cm³/mol. The number of nitrogens with zero attached hydrogens (tertiary/aromatic N) is 2. The van der Waals surface area contributed by atoms with Gasteiger partial charge in [-0.25, -0.2) is 19.1 Å². The van der Waals surface area contributed by atoms with E-state index >= 15 is 0 Å². The van der Waals surface area contributed by atoms with Crippen LogP contribution in [-0.4, -0.2) is 54.3 Å². The van der Waals surface area contributed by atoms with Gasteiger partial charge in [0.1, 0.15) is 26.3 Å². The van der Waals surface area contributed by atoms with E-state index in [1.54, 1.807) is 0 Å². The lowest BCUT2D eigenvalue weighted by atomic mass is 10.0. The number of alkyl carbamates (subject to hydrolysis) is 1. The molecule has 43 heavy (non-hydrogen) atoms. The molecule has 0 aliphatic heterocycles. The van der Waals surface area contributed by atoms with Gasteiger partial charge in [0.05, 0.1) is 0 Å². The van der Waals surface area contributed by atoms with E-state index in [9.17, 15) is 14.4 Å². The molecule has 0 aliphatic carbocycles. The van der Waals surface area contributed by atoms with E-state index in [4.69, 9.17) is 9.47 Å². The smallest absolute Gasteiger partial charge is 0.417 e. The van der Waals surface area contributed by atoms with Crippen LogP contribution in [0, 0.1) is 0 Å². The Morgan fingerprint density at radius 2 is 1.33 bits per heavy atom. The average molecular weight is 644 g/mol. The molecule has 248 valence electrons. The minimum Gasteiger partial charge on any atom is -1.00 e. The molecule has 0 spiro atoms. The third-order valence-electron chi connectivity index (χ3n) is 7.26. The molecule has 0 fully saturated rings. The molecule has 0 saturated heterocycles. The zero-order chi connectivity index (χ0) is 30.7. The Labute approximate surface area is 271 Å². The number of hydrogen-bond acceptors (Lipinski definition) is 6. The molecule has 1 rings (SSSR count). The fraction of sp³-hybridized carbons (Fsp3) is 0.758. The highest BCUT2D eigenvalue weighted by Gasteiger charge is 2.23. The summed E-state index contributed by atoms with van der Waals surface area (Å²) in [6, 6.07) is 5.68. The van der Waals surface area contributed by atoms with Crippen LogP contribution in [0.15, 0.2) is 24.4 Å².